The van der Waals surface area contributed by atoms with Gasteiger partial charge in [0.1, 0.15) is 0 Å². The maximum Gasteiger partial charge on any atom is 0.225 e. The molecule has 2 fully saturated rings. The van der Waals surface area contributed by atoms with Crippen molar-refractivity contribution in [3.63, 3.8) is 0 Å². The molecule has 0 atom stereocenters. The predicted molar refractivity (Wildman–Crippen MR) is 99.2 cm³/mol. The molecule has 1 aromatic heterocycles. The van der Waals surface area contributed by atoms with Crippen molar-refractivity contribution in [2.45, 2.75) is 84.1 Å². The van der Waals surface area contributed by atoms with Crippen molar-refractivity contribution >= 4 is 5.91 Å². The summed E-state index contributed by atoms with van der Waals surface area (Å²) >= 11 is 0. The van der Waals surface area contributed by atoms with Crippen molar-refractivity contribution in [3.05, 3.63) is 11.9 Å². The van der Waals surface area contributed by atoms with Gasteiger partial charge in [-0.05, 0) is 31.6 Å². The minimum absolute atomic E-state index is 0.0484. The first kappa shape index (κ1) is 18.4. The van der Waals surface area contributed by atoms with Crippen molar-refractivity contribution in [3.8, 4) is 0 Å². The summed E-state index contributed by atoms with van der Waals surface area (Å²) in [6, 6.07) is 0. The second kappa shape index (κ2) is 7.88. The van der Waals surface area contributed by atoms with Gasteiger partial charge in [-0.25, -0.2) is 0 Å². The third kappa shape index (κ3) is 4.83. The van der Waals surface area contributed by atoms with E-state index in [-0.39, 0.29) is 5.41 Å². The molecule has 0 unspecified atom stereocenters. The molecule has 2 aliphatic rings. The summed E-state index contributed by atoms with van der Waals surface area (Å²) in [6.07, 6.45) is 11.5. The van der Waals surface area contributed by atoms with E-state index in [4.69, 9.17) is 0 Å². The molecule has 1 aromatic rings. The molecule has 25 heavy (non-hydrogen) atoms. The van der Waals surface area contributed by atoms with Crippen molar-refractivity contribution < 1.29 is 4.79 Å². The first-order valence-electron chi connectivity index (χ1n) is 10.1. The molecule has 140 valence electrons. The van der Waals surface area contributed by atoms with Crippen molar-refractivity contribution in [2.24, 2.45) is 11.8 Å². The topological polar surface area (TPSA) is 51.0 Å². The lowest BCUT2D eigenvalue weighted by Crippen LogP contribution is -2.42. The standard InChI is InChI=1S/C20H34N4O/c1-20(2,3)18-15-24(22-21-18)14-16-10-12-23(13-11-16)19(25)17-8-6-4-5-7-9-17/h15-17H,4-14H2,1-3H3. The van der Waals surface area contributed by atoms with Crippen LogP contribution in [0.1, 0.15) is 77.8 Å². The van der Waals surface area contributed by atoms with Crippen LogP contribution in [0.25, 0.3) is 0 Å². The lowest BCUT2D eigenvalue weighted by atomic mass is 9.92. The molecule has 1 saturated carbocycles. The number of amides is 1. The van der Waals surface area contributed by atoms with Gasteiger partial charge in [-0.15, -0.1) is 5.10 Å². The molecule has 2 heterocycles. The van der Waals surface area contributed by atoms with Crippen LogP contribution < -0.4 is 0 Å². The van der Waals surface area contributed by atoms with Gasteiger partial charge in [0.15, 0.2) is 0 Å². The summed E-state index contributed by atoms with van der Waals surface area (Å²) in [4.78, 5) is 14.9. The maximum atomic E-state index is 12.8. The van der Waals surface area contributed by atoms with Crippen LogP contribution in [0.2, 0.25) is 0 Å². The van der Waals surface area contributed by atoms with E-state index >= 15 is 0 Å². The van der Waals surface area contributed by atoms with E-state index in [2.05, 4.69) is 42.2 Å². The zero-order valence-electron chi connectivity index (χ0n) is 16.2. The fourth-order valence-corrected chi connectivity index (χ4v) is 4.12. The molecule has 1 aliphatic heterocycles. The SMILES string of the molecule is CC(C)(C)c1cn(CC2CCN(C(=O)C3CCCCCC3)CC2)nn1. The van der Waals surface area contributed by atoms with Gasteiger partial charge in [-0.2, -0.15) is 0 Å². The summed E-state index contributed by atoms with van der Waals surface area (Å²) in [5.41, 5.74) is 1.10. The Kier molecular flexibility index (Phi) is 5.80. The molecule has 0 radical (unpaired) electrons. The highest BCUT2D eigenvalue weighted by atomic mass is 16.2. The summed E-state index contributed by atoms with van der Waals surface area (Å²) in [5, 5.41) is 8.62. The fraction of sp³-hybridized carbons (Fsp3) is 0.850. The number of carbonyl (C=O) groups is 1. The van der Waals surface area contributed by atoms with Crippen molar-refractivity contribution in [2.75, 3.05) is 13.1 Å². The molecule has 0 aromatic carbocycles. The summed E-state index contributed by atoms with van der Waals surface area (Å²) < 4.78 is 1.99. The Morgan fingerprint density at radius 1 is 1.08 bits per heavy atom. The molecule has 5 nitrogen and oxygen atoms in total. The van der Waals surface area contributed by atoms with E-state index in [9.17, 15) is 4.79 Å². The number of carbonyl (C=O) groups excluding carboxylic acids is 1. The van der Waals surface area contributed by atoms with Crippen LogP contribution in [-0.2, 0) is 16.8 Å². The summed E-state index contributed by atoms with van der Waals surface area (Å²) in [5.74, 6) is 1.33. The van der Waals surface area contributed by atoms with Gasteiger partial charge in [-0.1, -0.05) is 51.7 Å². The van der Waals surface area contributed by atoms with E-state index in [0.29, 0.717) is 17.7 Å². The Morgan fingerprint density at radius 2 is 1.72 bits per heavy atom. The van der Waals surface area contributed by atoms with E-state index in [0.717, 1.165) is 51.0 Å². The molecule has 1 amide bonds. The molecule has 0 spiro atoms. The highest BCUT2D eigenvalue weighted by Crippen LogP contribution is 2.27. The fourth-order valence-electron chi connectivity index (χ4n) is 4.12. The molecular formula is C20H34N4O. The molecular weight excluding hydrogens is 312 g/mol. The third-order valence-electron chi connectivity index (χ3n) is 5.88. The quantitative estimate of drug-likeness (QED) is 0.783. The Labute approximate surface area is 152 Å². The highest BCUT2D eigenvalue weighted by molar-refractivity contribution is 5.78. The summed E-state index contributed by atoms with van der Waals surface area (Å²) in [7, 11) is 0. The highest BCUT2D eigenvalue weighted by Gasteiger charge is 2.29. The van der Waals surface area contributed by atoms with Gasteiger partial charge >= 0.3 is 0 Å². The van der Waals surface area contributed by atoms with Crippen LogP contribution in [0.15, 0.2) is 6.20 Å². The Hall–Kier alpha value is -1.39. The van der Waals surface area contributed by atoms with E-state index in [1.807, 2.05) is 4.68 Å². The predicted octanol–water partition coefficient (Wildman–Crippen LogP) is 3.78. The smallest absolute Gasteiger partial charge is 0.225 e. The molecule has 3 rings (SSSR count). The largest absolute Gasteiger partial charge is 0.342 e. The molecule has 1 aliphatic carbocycles. The molecule has 5 heteroatoms. The van der Waals surface area contributed by atoms with E-state index in [1.165, 1.54) is 25.7 Å². The lowest BCUT2D eigenvalue weighted by molar-refractivity contribution is -0.137. The van der Waals surface area contributed by atoms with Crippen molar-refractivity contribution in [1.29, 1.82) is 0 Å². The Bertz CT molecular complexity index is 558. The first-order chi connectivity index (χ1) is 11.9. The number of hydrogen-bond donors (Lipinski definition) is 0. The Balaban J connectivity index is 1.48. The normalized spacial score (nSPS) is 21.3. The monoisotopic (exact) mass is 346 g/mol. The number of likely N-dealkylation sites (tertiary alicyclic amines) is 1. The summed E-state index contributed by atoms with van der Waals surface area (Å²) in [6.45, 7) is 9.26. The zero-order chi connectivity index (χ0) is 17.9. The third-order valence-corrected chi connectivity index (χ3v) is 5.88. The number of nitrogens with zero attached hydrogens (tertiary/aromatic N) is 4. The van der Waals surface area contributed by atoms with Crippen LogP contribution in [0.5, 0.6) is 0 Å². The Morgan fingerprint density at radius 3 is 2.28 bits per heavy atom. The van der Waals surface area contributed by atoms with Crippen LogP contribution in [-0.4, -0.2) is 38.9 Å². The average molecular weight is 347 g/mol. The van der Waals surface area contributed by atoms with E-state index < -0.39 is 0 Å². The number of rotatable bonds is 3. The van der Waals surface area contributed by atoms with Gasteiger partial charge in [0.05, 0.1) is 5.69 Å². The van der Waals surface area contributed by atoms with Crippen molar-refractivity contribution in [1.82, 2.24) is 19.9 Å². The number of piperidine rings is 1. The lowest BCUT2D eigenvalue weighted by Gasteiger charge is -2.34. The minimum atomic E-state index is 0.0484. The number of aromatic nitrogens is 3. The van der Waals surface area contributed by atoms with Crippen LogP contribution in [0.3, 0.4) is 0 Å². The van der Waals surface area contributed by atoms with Gasteiger partial charge in [-0.3, -0.25) is 9.48 Å². The van der Waals surface area contributed by atoms with E-state index in [1.54, 1.807) is 0 Å². The second-order valence-electron chi connectivity index (χ2n) is 9.03. The molecule has 0 bridgehead atoms. The van der Waals surface area contributed by atoms with Gasteiger partial charge in [0.2, 0.25) is 5.91 Å². The van der Waals surface area contributed by atoms with Gasteiger partial charge < -0.3 is 4.90 Å². The van der Waals surface area contributed by atoms with Crippen LogP contribution in [0.4, 0.5) is 0 Å². The maximum absolute atomic E-state index is 12.8. The average Bonchev–Trinajstić information content (AvgIpc) is 2.89. The zero-order valence-corrected chi connectivity index (χ0v) is 16.2. The molecule has 0 N–H and O–H groups in total. The van der Waals surface area contributed by atoms with Gasteiger partial charge in [0.25, 0.3) is 0 Å². The first-order valence-corrected chi connectivity index (χ1v) is 10.1. The second-order valence-corrected chi connectivity index (χ2v) is 9.03. The van der Waals surface area contributed by atoms with Crippen LogP contribution >= 0.6 is 0 Å². The van der Waals surface area contributed by atoms with Crippen LogP contribution in [0, 0.1) is 11.8 Å². The number of hydrogen-bond acceptors (Lipinski definition) is 3. The van der Waals surface area contributed by atoms with Gasteiger partial charge in [0, 0.05) is 37.2 Å². The molecule has 1 saturated heterocycles. The minimum Gasteiger partial charge on any atom is -0.342 e.